The molecule has 0 unspecified atom stereocenters. The van der Waals surface area contributed by atoms with Crippen molar-refractivity contribution in [3.63, 3.8) is 0 Å². The molecule has 0 fully saturated rings. The normalized spacial score (nSPS) is 11.0. The van der Waals surface area contributed by atoms with Crippen LogP contribution in [0.3, 0.4) is 0 Å². The van der Waals surface area contributed by atoms with E-state index in [-0.39, 0.29) is 11.3 Å². The van der Waals surface area contributed by atoms with Gasteiger partial charge in [0.1, 0.15) is 11.6 Å². The van der Waals surface area contributed by atoms with Crippen molar-refractivity contribution in [2.45, 2.75) is 26.2 Å². The van der Waals surface area contributed by atoms with E-state index in [1.165, 1.54) is 0 Å². The topological polar surface area (TPSA) is 63.2 Å². The fraction of sp³-hybridized carbons (Fsp3) is 0.217. The number of amides is 1. The molecule has 2 aromatic carbocycles. The van der Waals surface area contributed by atoms with Crippen LogP contribution in [-0.4, -0.2) is 18.0 Å². The maximum atomic E-state index is 12.6. The number of aromatic nitrogens is 1. The van der Waals surface area contributed by atoms with Gasteiger partial charge in [-0.15, -0.1) is 0 Å². The van der Waals surface area contributed by atoms with E-state index in [1.807, 2.05) is 48.5 Å². The SMILES string of the molecule is COc1ccc(Nc2ccc(C(=O)Nc3ccccc3C(C)(C)C)cn2)cc1. The van der Waals surface area contributed by atoms with Gasteiger partial charge in [0, 0.05) is 17.6 Å². The predicted molar refractivity (Wildman–Crippen MR) is 114 cm³/mol. The fourth-order valence-electron chi connectivity index (χ4n) is 2.86. The molecule has 0 spiro atoms. The van der Waals surface area contributed by atoms with E-state index >= 15 is 0 Å². The van der Waals surface area contributed by atoms with Crippen molar-refractivity contribution in [2.75, 3.05) is 17.7 Å². The Hall–Kier alpha value is -3.34. The lowest BCUT2D eigenvalue weighted by Crippen LogP contribution is -2.18. The average Bonchev–Trinajstić information content (AvgIpc) is 2.69. The number of methoxy groups -OCH3 is 1. The molecule has 1 amide bonds. The summed E-state index contributed by atoms with van der Waals surface area (Å²) in [6.45, 7) is 6.37. The Morgan fingerprint density at radius 3 is 2.29 bits per heavy atom. The number of rotatable bonds is 5. The summed E-state index contributed by atoms with van der Waals surface area (Å²) in [4.78, 5) is 17.0. The van der Waals surface area contributed by atoms with Gasteiger partial charge in [-0.1, -0.05) is 39.0 Å². The number of nitrogens with one attached hydrogen (secondary N) is 2. The molecule has 0 bridgehead atoms. The highest BCUT2D eigenvalue weighted by molar-refractivity contribution is 6.04. The number of benzene rings is 2. The quantitative estimate of drug-likeness (QED) is 0.628. The predicted octanol–water partition coefficient (Wildman–Crippen LogP) is 5.38. The molecule has 0 atom stereocenters. The Bertz CT molecular complexity index is 943. The van der Waals surface area contributed by atoms with Crippen LogP contribution in [0, 0.1) is 0 Å². The third-order valence-corrected chi connectivity index (χ3v) is 4.37. The first-order chi connectivity index (χ1) is 13.4. The van der Waals surface area contributed by atoms with Gasteiger partial charge in [-0.25, -0.2) is 4.98 Å². The average molecular weight is 375 g/mol. The third-order valence-electron chi connectivity index (χ3n) is 4.37. The molecule has 0 saturated heterocycles. The summed E-state index contributed by atoms with van der Waals surface area (Å²) < 4.78 is 5.15. The largest absolute Gasteiger partial charge is 0.497 e. The van der Waals surface area contributed by atoms with Gasteiger partial charge < -0.3 is 15.4 Å². The first-order valence-electron chi connectivity index (χ1n) is 9.15. The summed E-state index contributed by atoms with van der Waals surface area (Å²) >= 11 is 0. The van der Waals surface area contributed by atoms with Crippen molar-refractivity contribution >= 4 is 23.1 Å². The maximum absolute atomic E-state index is 12.6. The van der Waals surface area contributed by atoms with Crippen LogP contribution in [0.5, 0.6) is 5.75 Å². The van der Waals surface area contributed by atoms with Crippen LogP contribution in [0.4, 0.5) is 17.2 Å². The highest BCUT2D eigenvalue weighted by Crippen LogP contribution is 2.29. The number of hydrogen-bond donors (Lipinski definition) is 2. The van der Waals surface area contributed by atoms with E-state index in [0.29, 0.717) is 11.4 Å². The first-order valence-corrected chi connectivity index (χ1v) is 9.15. The van der Waals surface area contributed by atoms with Gasteiger partial charge in [0.2, 0.25) is 0 Å². The van der Waals surface area contributed by atoms with E-state index < -0.39 is 0 Å². The lowest BCUT2D eigenvalue weighted by atomic mass is 9.86. The Labute approximate surface area is 165 Å². The van der Waals surface area contributed by atoms with E-state index in [0.717, 1.165) is 22.7 Å². The number of nitrogens with zero attached hydrogens (tertiary/aromatic N) is 1. The second kappa shape index (κ2) is 8.13. The smallest absolute Gasteiger partial charge is 0.257 e. The van der Waals surface area contributed by atoms with Crippen LogP contribution in [-0.2, 0) is 5.41 Å². The van der Waals surface area contributed by atoms with Crippen LogP contribution in [0.25, 0.3) is 0 Å². The van der Waals surface area contributed by atoms with E-state index in [2.05, 4.69) is 36.4 Å². The molecule has 1 heterocycles. The van der Waals surface area contributed by atoms with Crippen LogP contribution in [0.2, 0.25) is 0 Å². The molecule has 1 aromatic heterocycles. The fourth-order valence-corrected chi connectivity index (χ4v) is 2.86. The second-order valence-electron chi connectivity index (χ2n) is 7.54. The Morgan fingerprint density at radius 1 is 0.964 bits per heavy atom. The van der Waals surface area contributed by atoms with Crippen molar-refractivity contribution in [2.24, 2.45) is 0 Å². The molecule has 0 radical (unpaired) electrons. The highest BCUT2D eigenvalue weighted by atomic mass is 16.5. The van der Waals surface area contributed by atoms with Crippen molar-refractivity contribution < 1.29 is 9.53 Å². The van der Waals surface area contributed by atoms with Gasteiger partial charge in [0.25, 0.3) is 5.91 Å². The number of para-hydroxylation sites is 1. The van der Waals surface area contributed by atoms with Gasteiger partial charge in [0.15, 0.2) is 0 Å². The lowest BCUT2D eigenvalue weighted by Gasteiger charge is -2.23. The molecular weight excluding hydrogens is 350 g/mol. The molecule has 0 aliphatic heterocycles. The minimum Gasteiger partial charge on any atom is -0.497 e. The Kier molecular flexibility index (Phi) is 5.64. The highest BCUT2D eigenvalue weighted by Gasteiger charge is 2.19. The van der Waals surface area contributed by atoms with Crippen LogP contribution >= 0.6 is 0 Å². The first kappa shape index (κ1) is 19.4. The summed E-state index contributed by atoms with van der Waals surface area (Å²) in [7, 11) is 1.63. The van der Waals surface area contributed by atoms with Crippen LogP contribution in [0.1, 0.15) is 36.7 Å². The Balaban J connectivity index is 1.70. The van der Waals surface area contributed by atoms with Crippen molar-refractivity contribution in [1.82, 2.24) is 4.98 Å². The third kappa shape index (κ3) is 4.68. The molecule has 5 nitrogen and oxygen atoms in total. The molecule has 0 saturated carbocycles. The van der Waals surface area contributed by atoms with Crippen LogP contribution < -0.4 is 15.4 Å². The number of pyridine rings is 1. The molecule has 2 N–H and O–H groups in total. The summed E-state index contributed by atoms with van der Waals surface area (Å²) in [5, 5.41) is 6.20. The molecule has 0 aliphatic rings. The summed E-state index contributed by atoms with van der Waals surface area (Å²) in [5.74, 6) is 1.28. The summed E-state index contributed by atoms with van der Waals surface area (Å²) in [5.41, 5.74) is 3.25. The number of hydrogen-bond acceptors (Lipinski definition) is 4. The summed E-state index contributed by atoms with van der Waals surface area (Å²) in [6.07, 6.45) is 1.57. The zero-order valence-electron chi connectivity index (χ0n) is 16.6. The number of ether oxygens (including phenoxy) is 1. The van der Waals surface area contributed by atoms with Gasteiger partial charge >= 0.3 is 0 Å². The molecule has 0 aliphatic carbocycles. The minimum absolute atomic E-state index is 0.0612. The zero-order valence-corrected chi connectivity index (χ0v) is 16.6. The maximum Gasteiger partial charge on any atom is 0.257 e. The summed E-state index contributed by atoms with van der Waals surface area (Å²) in [6, 6.07) is 19.0. The zero-order chi connectivity index (χ0) is 20.1. The van der Waals surface area contributed by atoms with Crippen molar-refractivity contribution in [1.29, 1.82) is 0 Å². The van der Waals surface area contributed by atoms with Crippen molar-refractivity contribution in [3.8, 4) is 5.75 Å². The number of carbonyl (C=O) groups is 1. The molecule has 28 heavy (non-hydrogen) atoms. The van der Waals surface area contributed by atoms with E-state index in [1.54, 1.807) is 25.4 Å². The molecule has 144 valence electrons. The molecule has 3 rings (SSSR count). The molecule has 3 aromatic rings. The number of carbonyl (C=O) groups excluding carboxylic acids is 1. The lowest BCUT2D eigenvalue weighted by molar-refractivity contribution is 0.102. The van der Waals surface area contributed by atoms with Gasteiger partial charge in [0.05, 0.1) is 12.7 Å². The molecular formula is C23H25N3O2. The standard InChI is InChI=1S/C23H25N3O2/c1-23(2,3)19-7-5-6-8-20(19)26-22(27)16-9-14-21(24-15-16)25-17-10-12-18(28-4)13-11-17/h5-15H,1-4H3,(H,24,25)(H,26,27). The van der Waals surface area contributed by atoms with Gasteiger partial charge in [-0.2, -0.15) is 0 Å². The van der Waals surface area contributed by atoms with E-state index in [9.17, 15) is 4.79 Å². The van der Waals surface area contributed by atoms with Crippen LogP contribution in [0.15, 0.2) is 66.9 Å². The van der Waals surface area contributed by atoms with Crippen molar-refractivity contribution in [3.05, 3.63) is 78.0 Å². The Morgan fingerprint density at radius 2 is 1.68 bits per heavy atom. The van der Waals surface area contributed by atoms with Gasteiger partial charge in [-0.05, 0) is 53.4 Å². The number of anilines is 3. The monoisotopic (exact) mass is 375 g/mol. The molecule has 5 heteroatoms. The van der Waals surface area contributed by atoms with Gasteiger partial charge in [-0.3, -0.25) is 4.79 Å². The minimum atomic E-state index is -0.180. The second-order valence-corrected chi connectivity index (χ2v) is 7.54. The van der Waals surface area contributed by atoms with E-state index in [4.69, 9.17) is 4.74 Å².